The molecule has 1 saturated heterocycles. The van der Waals surface area contributed by atoms with Crippen LogP contribution in [0.3, 0.4) is 0 Å². The number of imide groups is 1. The van der Waals surface area contributed by atoms with Gasteiger partial charge in [0.2, 0.25) is 0 Å². The Hall–Kier alpha value is -2.89. The zero-order valence-corrected chi connectivity index (χ0v) is 11.4. The Labute approximate surface area is 121 Å². The lowest BCUT2D eigenvalue weighted by atomic mass is 10.1. The Morgan fingerprint density at radius 3 is 2.57 bits per heavy atom. The van der Waals surface area contributed by atoms with Crippen LogP contribution in [0, 0.1) is 0 Å². The van der Waals surface area contributed by atoms with Crippen LogP contribution >= 0.6 is 0 Å². The van der Waals surface area contributed by atoms with Crippen molar-refractivity contribution in [3.05, 3.63) is 53.2 Å². The van der Waals surface area contributed by atoms with Crippen molar-refractivity contribution in [2.45, 2.75) is 6.92 Å². The average Bonchev–Trinajstić information content (AvgIpc) is 2.66. The summed E-state index contributed by atoms with van der Waals surface area (Å²) in [5, 5.41) is 10.9. The fourth-order valence-corrected chi connectivity index (χ4v) is 1.97. The van der Waals surface area contributed by atoms with Crippen LogP contribution in [0.5, 0.6) is 0 Å². The maximum atomic E-state index is 11.7. The Morgan fingerprint density at radius 1 is 1.29 bits per heavy atom. The van der Waals surface area contributed by atoms with Crippen molar-refractivity contribution in [3.63, 3.8) is 0 Å². The van der Waals surface area contributed by atoms with E-state index in [9.17, 15) is 14.4 Å². The van der Waals surface area contributed by atoms with Gasteiger partial charge in [-0.3, -0.25) is 19.8 Å². The molecule has 1 fully saturated rings. The fourth-order valence-electron chi connectivity index (χ4n) is 1.97. The van der Waals surface area contributed by atoms with Gasteiger partial charge in [0.25, 0.3) is 5.91 Å². The molecule has 3 amide bonds. The maximum absolute atomic E-state index is 11.7. The van der Waals surface area contributed by atoms with E-state index in [-0.39, 0.29) is 5.70 Å². The van der Waals surface area contributed by atoms with Gasteiger partial charge < -0.3 is 5.11 Å². The van der Waals surface area contributed by atoms with Gasteiger partial charge >= 0.3 is 12.0 Å². The number of nitrogens with one attached hydrogen (secondary N) is 1. The topological polar surface area (TPSA) is 86.7 Å². The van der Waals surface area contributed by atoms with Gasteiger partial charge in [0.15, 0.2) is 0 Å². The largest absolute Gasteiger partial charge is 0.480 e. The maximum Gasteiger partial charge on any atom is 0.329 e. The van der Waals surface area contributed by atoms with Crippen LogP contribution in [0.2, 0.25) is 0 Å². The molecule has 0 spiro atoms. The third-order valence-corrected chi connectivity index (χ3v) is 2.84. The van der Waals surface area contributed by atoms with Gasteiger partial charge in [-0.15, -0.1) is 0 Å². The molecule has 0 saturated carbocycles. The number of allylic oxidation sites excluding steroid dienone is 2. The highest BCUT2D eigenvalue weighted by Crippen LogP contribution is 2.16. The van der Waals surface area contributed by atoms with Gasteiger partial charge in [0.1, 0.15) is 12.2 Å². The smallest absolute Gasteiger partial charge is 0.329 e. The second kappa shape index (κ2) is 6.04. The molecule has 2 N–H and O–H groups in total. The summed E-state index contributed by atoms with van der Waals surface area (Å²) < 4.78 is 0. The van der Waals surface area contributed by atoms with Gasteiger partial charge in [-0.25, -0.2) is 4.79 Å². The molecule has 0 atom stereocenters. The number of carboxylic acids is 1. The Bertz CT molecular complexity index is 647. The van der Waals surface area contributed by atoms with Gasteiger partial charge in [0, 0.05) is 0 Å². The summed E-state index contributed by atoms with van der Waals surface area (Å²) in [6, 6.07) is 8.74. The summed E-state index contributed by atoms with van der Waals surface area (Å²) in [6.07, 6.45) is 3.33. The van der Waals surface area contributed by atoms with Crippen LogP contribution in [-0.2, 0) is 9.59 Å². The van der Waals surface area contributed by atoms with Crippen LogP contribution in [0.4, 0.5) is 4.79 Å². The molecule has 0 aromatic heterocycles. The first-order valence-corrected chi connectivity index (χ1v) is 6.27. The summed E-state index contributed by atoms with van der Waals surface area (Å²) in [6.45, 7) is 1.22. The number of rotatable bonds is 4. The number of hydrogen-bond donors (Lipinski definition) is 2. The van der Waals surface area contributed by atoms with Crippen LogP contribution in [-0.4, -0.2) is 34.5 Å². The summed E-state index contributed by atoms with van der Waals surface area (Å²) in [7, 11) is 0. The monoisotopic (exact) mass is 286 g/mol. The van der Waals surface area contributed by atoms with Crippen molar-refractivity contribution >= 4 is 24.0 Å². The molecule has 6 nitrogen and oxygen atoms in total. The van der Waals surface area contributed by atoms with E-state index in [4.69, 9.17) is 5.11 Å². The quantitative estimate of drug-likeness (QED) is 0.650. The van der Waals surface area contributed by atoms with E-state index < -0.39 is 24.5 Å². The molecule has 1 aromatic rings. The van der Waals surface area contributed by atoms with E-state index in [0.717, 1.165) is 16.0 Å². The third kappa shape index (κ3) is 3.56. The number of benzene rings is 1. The molecule has 6 heteroatoms. The van der Waals surface area contributed by atoms with Gasteiger partial charge in [0.05, 0.1) is 0 Å². The summed E-state index contributed by atoms with van der Waals surface area (Å²) >= 11 is 0. The lowest BCUT2D eigenvalue weighted by molar-refractivity contribution is -0.137. The van der Waals surface area contributed by atoms with Crippen molar-refractivity contribution in [2.24, 2.45) is 0 Å². The van der Waals surface area contributed by atoms with Crippen molar-refractivity contribution in [3.8, 4) is 0 Å². The molecule has 0 aliphatic carbocycles. The molecule has 0 unspecified atom stereocenters. The molecule has 1 aliphatic rings. The average molecular weight is 286 g/mol. The summed E-state index contributed by atoms with van der Waals surface area (Å²) in [5.74, 6) is -1.78. The van der Waals surface area contributed by atoms with Gasteiger partial charge in [-0.05, 0) is 24.1 Å². The van der Waals surface area contributed by atoms with Crippen molar-refractivity contribution in [2.75, 3.05) is 6.54 Å². The summed E-state index contributed by atoms with van der Waals surface area (Å²) in [4.78, 5) is 34.9. The van der Waals surface area contributed by atoms with E-state index in [1.807, 2.05) is 36.4 Å². The molecule has 0 radical (unpaired) electrons. The minimum absolute atomic E-state index is 0.0343. The van der Waals surface area contributed by atoms with Gasteiger partial charge in [-0.1, -0.05) is 36.4 Å². The van der Waals surface area contributed by atoms with Crippen molar-refractivity contribution in [1.82, 2.24) is 10.2 Å². The number of carboxylic acid groups (broad SMARTS) is 1. The van der Waals surface area contributed by atoms with E-state index in [1.54, 1.807) is 6.92 Å². The second-order valence-electron chi connectivity index (χ2n) is 4.57. The van der Waals surface area contributed by atoms with Crippen LogP contribution in [0.15, 0.2) is 47.7 Å². The molecule has 2 rings (SSSR count). The first-order valence-electron chi connectivity index (χ1n) is 6.27. The Kier molecular flexibility index (Phi) is 4.18. The van der Waals surface area contributed by atoms with Crippen LogP contribution in [0.25, 0.3) is 6.08 Å². The molecule has 1 aliphatic heterocycles. The molecule has 1 heterocycles. The number of aliphatic carboxylic acids is 1. The molecule has 0 bridgehead atoms. The van der Waals surface area contributed by atoms with Crippen LogP contribution in [0.1, 0.15) is 12.5 Å². The zero-order chi connectivity index (χ0) is 15.4. The number of carbonyl (C=O) groups is 3. The first kappa shape index (κ1) is 14.5. The highest BCUT2D eigenvalue weighted by Gasteiger charge is 2.34. The van der Waals surface area contributed by atoms with E-state index >= 15 is 0 Å². The highest BCUT2D eigenvalue weighted by molar-refractivity contribution is 6.12. The van der Waals surface area contributed by atoms with Gasteiger partial charge in [-0.2, -0.15) is 0 Å². The second-order valence-corrected chi connectivity index (χ2v) is 4.57. The SMILES string of the molecule is CC(/C=C1/C(=O)NC(=O)N1CC(=O)O)=C\c1ccccc1. The van der Waals surface area contributed by atoms with E-state index in [2.05, 4.69) is 5.32 Å². The minimum Gasteiger partial charge on any atom is -0.480 e. The normalized spacial score (nSPS) is 17.3. The molecule has 108 valence electrons. The Morgan fingerprint density at radius 2 is 1.95 bits per heavy atom. The number of urea groups is 1. The van der Waals surface area contributed by atoms with E-state index in [1.165, 1.54) is 6.08 Å². The number of amides is 3. The minimum atomic E-state index is -1.18. The molecular weight excluding hydrogens is 272 g/mol. The molecule has 21 heavy (non-hydrogen) atoms. The fraction of sp³-hybridized carbons (Fsp3) is 0.133. The number of hydrogen-bond acceptors (Lipinski definition) is 3. The predicted molar refractivity (Wildman–Crippen MR) is 76.1 cm³/mol. The van der Waals surface area contributed by atoms with E-state index in [0.29, 0.717) is 0 Å². The predicted octanol–water partition coefficient (Wildman–Crippen LogP) is 1.61. The number of carbonyl (C=O) groups excluding carboxylic acids is 2. The Balaban J connectivity index is 2.28. The highest BCUT2D eigenvalue weighted by atomic mass is 16.4. The first-order chi connectivity index (χ1) is 9.97. The zero-order valence-electron chi connectivity index (χ0n) is 11.4. The lowest BCUT2D eigenvalue weighted by Gasteiger charge is -2.11. The van der Waals surface area contributed by atoms with Crippen molar-refractivity contribution < 1.29 is 19.5 Å². The number of nitrogens with zero attached hydrogens (tertiary/aromatic N) is 1. The molecular formula is C15H14N2O4. The standard InChI is InChI=1S/C15H14N2O4/c1-10(7-11-5-3-2-4-6-11)8-12-14(20)16-15(21)17(12)9-13(18)19/h2-8H,9H2,1H3,(H,18,19)(H,16,20,21)/b10-7+,12-8-. The summed E-state index contributed by atoms with van der Waals surface area (Å²) in [5.41, 5.74) is 1.71. The van der Waals surface area contributed by atoms with Crippen LogP contribution < -0.4 is 5.32 Å². The molecule has 1 aromatic carbocycles. The lowest BCUT2D eigenvalue weighted by Crippen LogP contribution is -2.32. The van der Waals surface area contributed by atoms with Crippen molar-refractivity contribution in [1.29, 1.82) is 0 Å². The third-order valence-electron chi connectivity index (χ3n) is 2.84.